The molecule has 132 valence electrons. The molecule has 1 N–H and O–H groups in total. The SMILES string of the molecule is Cc1ccc(-n2nc(C(=O)Nc3ccccc3)nc2-c2ccccc2)cc1. The Hall–Kier alpha value is -3.73. The van der Waals surface area contributed by atoms with Gasteiger partial charge in [0.1, 0.15) is 0 Å². The van der Waals surface area contributed by atoms with Crippen molar-refractivity contribution >= 4 is 11.6 Å². The van der Waals surface area contributed by atoms with Crippen molar-refractivity contribution in [3.05, 3.63) is 96.3 Å². The number of carbonyl (C=O) groups is 1. The highest BCUT2D eigenvalue weighted by atomic mass is 16.2. The van der Waals surface area contributed by atoms with Gasteiger partial charge >= 0.3 is 0 Å². The van der Waals surface area contributed by atoms with Crippen LogP contribution in [0.3, 0.4) is 0 Å². The quantitative estimate of drug-likeness (QED) is 0.587. The minimum absolute atomic E-state index is 0.123. The molecule has 0 bridgehead atoms. The summed E-state index contributed by atoms with van der Waals surface area (Å²) in [5.74, 6) is 0.403. The standard InChI is InChI=1S/C22H18N4O/c1-16-12-14-19(15-13-16)26-21(17-8-4-2-5-9-17)24-20(25-26)22(27)23-18-10-6-3-7-11-18/h2-15H,1H3,(H,23,27). The van der Waals surface area contributed by atoms with Crippen LogP contribution in [0.5, 0.6) is 0 Å². The van der Waals surface area contributed by atoms with Crippen molar-refractivity contribution in [2.75, 3.05) is 5.32 Å². The molecule has 0 radical (unpaired) electrons. The van der Waals surface area contributed by atoms with Crippen molar-refractivity contribution in [2.45, 2.75) is 6.92 Å². The lowest BCUT2D eigenvalue weighted by molar-refractivity contribution is 0.101. The molecule has 3 aromatic carbocycles. The molecular weight excluding hydrogens is 336 g/mol. The average molecular weight is 354 g/mol. The normalized spacial score (nSPS) is 10.6. The first-order valence-electron chi connectivity index (χ1n) is 8.66. The second-order valence-corrected chi connectivity index (χ2v) is 6.19. The lowest BCUT2D eigenvalue weighted by Crippen LogP contribution is -2.14. The summed E-state index contributed by atoms with van der Waals surface area (Å²) in [6.45, 7) is 2.03. The minimum atomic E-state index is -0.343. The van der Waals surface area contributed by atoms with Crippen LogP contribution in [0.2, 0.25) is 0 Å². The maximum Gasteiger partial charge on any atom is 0.295 e. The third-order valence-electron chi connectivity index (χ3n) is 4.15. The van der Waals surface area contributed by atoms with Gasteiger partial charge in [-0.05, 0) is 31.2 Å². The zero-order valence-corrected chi connectivity index (χ0v) is 14.8. The van der Waals surface area contributed by atoms with Crippen molar-refractivity contribution in [1.82, 2.24) is 14.8 Å². The van der Waals surface area contributed by atoms with Gasteiger partial charge in [0.25, 0.3) is 5.91 Å². The number of amides is 1. The first-order valence-corrected chi connectivity index (χ1v) is 8.66. The van der Waals surface area contributed by atoms with E-state index in [1.807, 2.05) is 91.9 Å². The molecule has 1 amide bonds. The summed E-state index contributed by atoms with van der Waals surface area (Å²) >= 11 is 0. The Kier molecular flexibility index (Phi) is 4.49. The summed E-state index contributed by atoms with van der Waals surface area (Å²) in [6.07, 6.45) is 0. The molecule has 4 aromatic rings. The van der Waals surface area contributed by atoms with Crippen molar-refractivity contribution < 1.29 is 4.79 Å². The van der Waals surface area contributed by atoms with Crippen LogP contribution < -0.4 is 5.32 Å². The zero-order chi connectivity index (χ0) is 18.6. The van der Waals surface area contributed by atoms with Gasteiger partial charge in [0.15, 0.2) is 5.82 Å². The van der Waals surface area contributed by atoms with Gasteiger partial charge in [-0.2, -0.15) is 0 Å². The van der Waals surface area contributed by atoms with Gasteiger partial charge in [0.2, 0.25) is 5.82 Å². The van der Waals surface area contributed by atoms with Crippen LogP contribution in [0.25, 0.3) is 17.1 Å². The van der Waals surface area contributed by atoms with E-state index in [4.69, 9.17) is 0 Å². The minimum Gasteiger partial charge on any atom is -0.319 e. The van der Waals surface area contributed by atoms with Crippen molar-refractivity contribution in [3.8, 4) is 17.1 Å². The second kappa shape index (κ2) is 7.25. The average Bonchev–Trinajstić information content (AvgIpc) is 3.16. The van der Waals surface area contributed by atoms with Gasteiger partial charge in [-0.15, -0.1) is 5.10 Å². The van der Waals surface area contributed by atoms with Crippen molar-refractivity contribution in [2.24, 2.45) is 0 Å². The molecule has 1 aromatic heterocycles. The molecule has 5 heteroatoms. The molecule has 4 rings (SSSR count). The number of para-hydroxylation sites is 1. The van der Waals surface area contributed by atoms with Gasteiger partial charge < -0.3 is 5.32 Å². The number of benzene rings is 3. The van der Waals surface area contributed by atoms with E-state index >= 15 is 0 Å². The Morgan fingerprint density at radius 1 is 0.852 bits per heavy atom. The summed E-state index contributed by atoms with van der Waals surface area (Å²) in [7, 11) is 0. The van der Waals surface area contributed by atoms with Gasteiger partial charge in [-0.25, -0.2) is 9.67 Å². The molecule has 0 saturated heterocycles. The summed E-state index contributed by atoms with van der Waals surface area (Å²) in [4.78, 5) is 17.2. The maximum atomic E-state index is 12.6. The topological polar surface area (TPSA) is 59.8 Å². The number of anilines is 1. The van der Waals surface area contributed by atoms with E-state index in [9.17, 15) is 4.79 Å². The Morgan fingerprint density at radius 3 is 2.15 bits per heavy atom. The zero-order valence-electron chi connectivity index (χ0n) is 14.8. The van der Waals surface area contributed by atoms with Crippen LogP contribution in [-0.2, 0) is 0 Å². The number of nitrogens with one attached hydrogen (secondary N) is 1. The fourth-order valence-corrected chi connectivity index (χ4v) is 2.76. The van der Waals surface area contributed by atoms with Gasteiger partial charge in [0.05, 0.1) is 5.69 Å². The molecule has 5 nitrogen and oxygen atoms in total. The first kappa shape index (κ1) is 16.7. The lowest BCUT2D eigenvalue weighted by Gasteiger charge is -2.06. The fraction of sp³-hybridized carbons (Fsp3) is 0.0455. The number of hydrogen-bond acceptors (Lipinski definition) is 3. The predicted molar refractivity (Wildman–Crippen MR) is 106 cm³/mol. The number of carbonyl (C=O) groups excluding carboxylic acids is 1. The molecule has 0 aliphatic rings. The highest BCUT2D eigenvalue weighted by Gasteiger charge is 2.18. The third-order valence-corrected chi connectivity index (χ3v) is 4.15. The molecule has 0 spiro atoms. The highest BCUT2D eigenvalue weighted by Crippen LogP contribution is 2.21. The van der Waals surface area contributed by atoms with Crippen LogP contribution in [-0.4, -0.2) is 20.7 Å². The molecule has 0 fully saturated rings. The number of nitrogens with zero attached hydrogens (tertiary/aromatic N) is 3. The Bertz CT molecular complexity index is 1050. The number of rotatable bonds is 4. The van der Waals surface area contributed by atoms with Crippen LogP contribution >= 0.6 is 0 Å². The van der Waals surface area contributed by atoms with Crippen LogP contribution in [0.4, 0.5) is 5.69 Å². The van der Waals surface area contributed by atoms with E-state index in [1.165, 1.54) is 0 Å². The lowest BCUT2D eigenvalue weighted by atomic mass is 10.2. The maximum absolute atomic E-state index is 12.6. The summed E-state index contributed by atoms with van der Waals surface area (Å²) in [5, 5.41) is 7.31. The van der Waals surface area contributed by atoms with Crippen LogP contribution in [0.1, 0.15) is 16.2 Å². The molecule has 1 heterocycles. The Balaban J connectivity index is 1.75. The number of aryl methyl sites for hydroxylation is 1. The molecule has 0 saturated carbocycles. The van der Waals surface area contributed by atoms with E-state index in [0.717, 1.165) is 16.8 Å². The Labute approximate surface area is 157 Å². The van der Waals surface area contributed by atoms with Crippen LogP contribution in [0, 0.1) is 6.92 Å². The molecule has 27 heavy (non-hydrogen) atoms. The summed E-state index contributed by atoms with van der Waals surface area (Å²) in [6, 6.07) is 27.0. The molecule has 0 unspecified atom stereocenters. The smallest absolute Gasteiger partial charge is 0.295 e. The monoisotopic (exact) mass is 354 g/mol. The third kappa shape index (κ3) is 3.62. The first-order chi connectivity index (χ1) is 13.2. The van der Waals surface area contributed by atoms with Crippen LogP contribution in [0.15, 0.2) is 84.9 Å². The summed E-state index contributed by atoms with van der Waals surface area (Å²) in [5.41, 5.74) is 3.60. The fourth-order valence-electron chi connectivity index (χ4n) is 2.76. The molecule has 0 atom stereocenters. The Morgan fingerprint density at radius 2 is 1.48 bits per heavy atom. The number of aromatic nitrogens is 3. The molecule has 0 aliphatic carbocycles. The van der Waals surface area contributed by atoms with E-state index in [-0.39, 0.29) is 11.7 Å². The second-order valence-electron chi connectivity index (χ2n) is 6.19. The molecular formula is C22H18N4O. The van der Waals surface area contributed by atoms with Crippen molar-refractivity contribution in [3.63, 3.8) is 0 Å². The van der Waals surface area contributed by atoms with Gasteiger partial charge in [-0.1, -0.05) is 66.2 Å². The predicted octanol–water partition coefficient (Wildman–Crippen LogP) is 4.50. The van der Waals surface area contributed by atoms with Crippen molar-refractivity contribution in [1.29, 1.82) is 0 Å². The number of hydrogen-bond donors (Lipinski definition) is 1. The van der Waals surface area contributed by atoms with Gasteiger partial charge in [-0.3, -0.25) is 4.79 Å². The highest BCUT2D eigenvalue weighted by molar-refractivity contribution is 6.01. The van der Waals surface area contributed by atoms with E-state index in [2.05, 4.69) is 15.4 Å². The summed E-state index contributed by atoms with van der Waals surface area (Å²) < 4.78 is 1.70. The van der Waals surface area contributed by atoms with E-state index < -0.39 is 0 Å². The van der Waals surface area contributed by atoms with Gasteiger partial charge in [0, 0.05) is 11.3 Å². The van der Waals surface area contributed by atoms with E-state index in [1.54, 1.807) is 4.68 Å². The molecule has 0 aliphatic heterocycles. The van der Waals surface area contributed by atoms with E-state index in [0.29, 0.717) is 11.5 Å². The largest absolute Gasteiger partial charge is 0.319 e.